The van der Waals surface area contributed by atoms with Crippen LogP contribution in [0.15, 0.2) is 0 Å². The van der Waals surface area contributed by atoms with Crippen molar-refractivity contribution in [2.45, 2.75) is 96.5 Å². The standard InChI is InChI=1S/C21H36F2O/c1-3-5-6-14-7-8-15-16-11-12-19(24-13-4-2)21(23)18(16)10-9-17(15)20(14)22/h14-21H,3-13H2,1-2H3. The van der Waals surface area contributed by atoms with Gasteiger partial charge in [-0.05, 0) is 81.0 Å². The Morgan fingerprint density at radius 3 is 2.04 bits per heavy atom. The molecular weight excluding hydrogens is 306 g/mol. The molecule has 24 heavy (non-hydrogen) atoms. The fraction of sp³-hybridized carbons (Fsp3) is 1.00. The first-order valence-corrected chi connectivity index (χ1v) is 10.6. The molecule has 0 spiro atoms. The largest absolute Gasteiger partial charge is 0.375 e. The molecule has 0 amide bonds. The topological polar surface area (TPSA) is 9.23 Å². The molecule has 0 aromatic heterocycles. The molecule has 0 aromatic carbocycles. The Morgan fingerprint density at radius 2 is 1.38 bits per heavy atom. The van der Waals surface area contributed by atoms with Gasteiger partial charge in [-0.15, -0.1) is 0 Å². The number of rotatable bonds is 6. The summed E-state index contributed by atoms with van der Waals surface area (Å²) in [4.78, 5) is 0. The van der Waals surface area contributed by atoms with Gasteiger partial charge in [0.15, 0.2) is 0 Å². The van der Waals surface area contributed by atoms with E-state index in [1.54, 1.807) is 0 Å². The van der Waals surface area contributed by atoms with Crippen LogP contribution in [0.2, 0.25) is 0 Å². The van der Waals surface area contributed by atoms with Gasteiger partial charge in [-0.3, -0.25) is 0 Å². The molecule has 0 saturated heterocycles. The van der Waals surface area contributed by atoms with E-state index in [-0.39, 0.29) is 23.9 Å². The highest BCUT2D eigenvalue weighted by atomic mass is 19.1. The van der Waals surface area contributed by atoms with Crippen molar-refractivity contribution in [2.75, 3.05) is 6.61 Å². The van der Waals surface area contributed by atoms with E-state index in [2.05, 4.69) is 13.8 Å². The summed E-state index contributed by atoms with van der Waals surface area (Å²) in [6, 6.07) is 0. The van der Waals surface area contributed by atoms with Gasteiger partial charge in [0.1, 0.15) is 12.3 Å². The van der Waals surface area contributed by atoms with Gasteiger partial charge in [0.25, 0.3) is 0 Å². The van der Waals surface area contributed by atoms with Crippen LogP contribution < -0.4 is 0 Å². The van der Waals surface area contributed by atoms with Crippen LogP contribution in [0.4, 0.5) is 8.78 Å². The minimum absolute atomic E-state index is 0.126. The minimum atomic E-state index is -0.827. The maximum Gasteiger partial charge on any atom is 0.129 e. The first-order valence-electron chi connectivity index (χ1n) is 10.6. The molecule has 140 valence electrons. The van der Waals surface area contributed by atoms with Crippen molar-refractivity contribution in [3.05, 3.63) is 0 Å². The van der Waals surface area contributed by atoms with E-state index in [0.29, 0.717) is 18.4 Å². The maximum absolute atomic E-state index is 15.1. The highest BCUT2D eigenvalue weighted by Gasteiger charge is 2.52. The predicted octanol–water partition coefficient (Wildman–Crippen LogP) is 6.11. The van der Waals surface area contributed by atoms with E-state index in [0.717, 1.165) is 64.2 Å². The fourth-order valence-electron chi connectivity index (χ4n) is 6.02. The number of fused-ring (bicyclic) bond motifs is 3. The van der Waals surface area contributed by atoms with Crippen LogP contribution in [0.25, 0.3) is 0 Å². The number of alkyl halides is 2. The molecule has 3 saturated carbocycles. The molecule has 3 heteroatoms. The molecule has 0 aliphatic heterocycles. The summed E-state index contributed by atoms with van der Waals surface area (Å²) < 4.78 is 35.8. The van der Waals surface area contributed by atoms with Crippen molar-refractivity contribution in [3.63, 3.8) is 0 Å². The Labute approximate surface area is 146 Å². The lowest BCUT2D eigenvalue weighted by Gasteiger charge is -2.52. The Morgan fingerprint density at radius 1 is 0.750 bits per heavy atom. The smallest absolute Gasteiger partial charge is 0.129 e. The molecule has 0 radical (unpaired) electrons. The molecule has 0 bridgehead atoms. The highest BCUT2D eigenvalue weighted by molar-refractivity contribution is 5.00. The van der Waals surface area contributed by atoms with Gasteiger partial charge in [0.05, 0.1) is 6.10 Å². The molecule has 0 N–H and O–H groups in total. The van der Waals surface area contributed by atoms with Gasteiger partial charge in [-0.25, -0.2) is 8.78 Å². The highest BCUT2D eigenvalue weighted by Crippen LogP contribution is 2.54. The van der Waals surface area contributed by atoms with E-state index in [9.17, 15) is 4.39 Å². The Kier molecular flexibility index (Phi) is 6.56. The summed E-state index contributed by atoms with van der Waals surface area (Å²) in [5, 5.41) is 0. The second kappa shape index (κ2) is 8.47. The van der Waals surface area contributed by atoms with E-state index in [1.165, 1.54) is 0 Å². The third-order valence-electron chi connectivity index (χ3n) is 7.23. The second-order valence-electron chi connectivity index (χ2n) is 8.59. The lowest BCUT2D eigenvalue weighted by atomic mass is 9.55. The lowest BCUT2D eigenvalue weighted by molar-refractivity contribution is -0.117. The van der Waals surface area contributed by atoms with E-state index in [1.807, 2.05) is 0 Å². The molecule has 3 rings (SSSR count). The Balaban J connectivity index is 1.62. The lowest BCUT2D eigenvalue weighted by Crippen LogP contribution is -2.51. The fourth-order valence-corrected chi connectivity index (χ4v) is 6.02. The van der Waals surface area contributed by atoms with Crippen LogP contribution in [0, 0.1) is 29.6 Å². The molecule has 0 heterocycles. The van der Waals surface area contributed by atoms with Gasteiger partial charge < -0.3 is 4.74 Å². The van der Waals surface area contributed by atoms with E-state index in [4.69, 9.17) is 4.74 Å². The van der Waals surface area contributed by atoms with Gasteiger partial charge in [0, 0.05) is 6.61 Å². The molecule has 1 nitrogen and oxygen atoms in total. The average Bonchev–Trinajstić information content (AvgIpc) is 2.60. The summed E-state index contributed by atoms with van der Waals surface area (Å²) in [6.07, 6.45) is 8.46. The van der Waals surface area contributed by atoms with Crippen LogP contribution in [0.5, 0.6) is 0 Å². The number of halogens is 2. The van der Waals surface area contributed by atoms with Crippen molar-refractivity contribution < 1.29 is 13.5 Å². The average molecular weight is 343 g/mol. The van der Waals surface area contributed by atoms with Gasteiger partial charge in [-0.2, -0.15) is 0 Å². The predicted molar refractivity (Wildman–Crippen MR) is 94.5 cm³/mol. The van der Waals surface area contributed by atoms with Crippen molar-refractivity contribution in [3.8, 4) is 0 Å². The first-order chi connectivity index (χ1) is 11.7. The van der Waals surface area contributed by atoms with Crippen LogP contribution in [-0.4, -0.2) is 25.1 Å². The van der Waals surface area contributed by atoms with Crippen molar-refractivity contribution in [1.82, 2.24) is 0 Å². The van der Waals surface area contributed by atoms with E-state index >= 15 is 4.39 Å². The molecule has 0 aromatic rings. The molecule has 3 aliphatic carbocycles. The van der Waals surface area contributed by atoms with Gasteiger partial charge in [-0.1, -0.05) is 26.7 Å². The molecular formula is C21H36F2O. The second-order valence-corrected chi connectivity index (χ2v) is 8.59. The number of hydrogen-bond acceptors (Lipinski definition) is 1. The third-order valence-corrected chi connectivity index (χ3v) is 7.23. The quantitative estimate of drug-likeness (QED) is 0.566. The zero-order chi connectivity index (χ0) is 17.1. The summed E-state index contributed by atoms with van der Waals surface area (Å²) >= 11 is 0. The zero-order valence-corrected chi connectivity index (χ0v) is 15.6. The molecule has 8 atom stereocenters. The molecule has 3 fully saturated rings. The van der Waals surface area contributed by atoms with Crippen LogP contribution >= 0.6 is 0 Å². The number of hydrogen-bond donors (Lipinski definition) is 0. The van der Waals surface area contributed by atoms with Crippen molar-refractivity contribution in [2.24, 2.45) is 29.6 Å². The minimum Gasteiger partial charge on any atom is -0.375 e. The van der Waals surface area contributed by atoms with Gasteiger partial charge in [0.2, 0.25) is 0 Å². The monoisotopic (exact) mass is 342 g/mol. The van der Waals surface area contributed by atoms with E-state index < -0.39 is 12.3 Å². The maximum atomic E-state index is 15.1. The van der Waals surface area contributed by atoms with Gasteiger partial charge >= 0.3 is 0 Å². The SMILES string of the molecule is CCCCC1CCC2C(CCC3C(F)C(OCCC)CCC32)C1F. The van der Waals surface area contributed by atoms with Crippen LogP contribution in [-0.2, 0) is 4.74 Å². The molecule has 8 unspecified atom stereocenters. The normalized spacial score (nSPS) is 45.5. The summed E-state index contributed by atoms with van der Waals surface area (Å²) in [7, 11) is 0. The Hall–Kier alpha value is -0.180. The summed E-state index contributed by atoms with van der Waals surface area (Å²) in [5.41, 5.74) is 0. The summed E-state index contributed by atoms with van der Waals surface area (Å²) in [5.74, 6) is 1.45. The number of unbranched alkanes of at least 4 members (excludes halogenated alkanes) is 1. The third kappa shape index (κ3) is 3.66. The number of ether oxygens (including phenoxy) is 1. The van der Waals surface area contributed by atoms with Crippen LogP contribution in [0.3, 0.4) is 0 Å². The van der Waals surface area contributed by atoms with Crippen molar-refractivity contribution >= 4 is 0 Å². The Bertz CT molecular complexity index is 352. The first kappa shape index (κ1) is 18.6. The zero-order valence-electron chi connectivity index (χ0n) is 15.6. The van der Waals surface area contributed by atoms with Crippen molar-refractivity contribution in [1.29, 1.82) is 0 Å². The molecule has 3 aliphatic rings. The summed E-state index contributed by atoms with van der Waals surface area (Å²) in [6.45, 7) is 4.92. The van der Waals surface area contributed by atoms with Crippen LogP contribution in [0.1, 0.15) is 78.1 Å².